The van der Waals surface area contributed by atoms with E-state index in [1.54, 1.807) is 31.7 Å². The van der Waals surface area contributed by atoms with Gasteiger partial charge < -0.3 is 35.8 Å². The molecule has 3 aliphatic heterocycles. The maximum Gasteiger partial charge on any atom is 0.289 e. The summed E-state index contributed by atoms with van der Waals surface area (Å²) in [5, 5.41) is 11.4. The van der Waals surface area contributed by atoms with E-state index < -0.39 is 88.0 Å². The highest BCUT2D eigenvalue weighted by molar-refractivity contribution is 6.38. The number of amides is 6. The predicted molar refractivity (Wildman–Crippen MR) is 235 cm³/mol. The Morgan fingerprint density at radius 1 is 0.969 bits per heavy atom. The molecule has 1 aromatic heterocycles. The van der Waals surface area contributed by atoms with Crippen LogP contribution in [0.2, 0.25) is 0 Å². The lowest BCUT2D eigenvalue weighted by molar-refractivity contribution is -0.145. The minimum absolute atomic E-state index is 0.0368. The molecule has 5 aliphatic rings. The molecule has 0 radical (unpaired) electrons. The number of nitrogens with one attached hydrogen (secondary N) is 4. The van der Waals surface area contributed by atoms with Gasteiger partial charge in [0.2, 0.25) is 29.4 Å². The second kappa shape index (κ2) is 19.1. The molecule has 7 rings (SSSR count). The van der Waals surface area contributed by atoms with Crippen molar-refractivity contribution in [3.63, 3.8) is 0 Å². The number of likely N-dealkylation sites (N-methyl/N-ethyl adjacent to an activating group) is 1. The fraction of sp³-hybridized carbons (Fsp3) is 0.638. The summed E-state index contributed by atoms with van der Waals surface area (Å²) >= 11 is 0. The third kappa shape index (κ3) is 9.87. The van der Waals surface area contributed by atoms with E-state index in [0.29, 0.717) is 25.0 Å². The second-order valence-electron chi connectivity index (χ2n) is 19.7. The van der Waals surface area contributed by atoms with Gasteiger partial charge in [-0.15, -0.1) is 0 Å². The van der Waals surface area contributed by atoms with Crippen LogP contribution >= 0.6 is 0 Å². The summed E-state index contributed by atoms with van der Waals surface area (Å²) in [7, 11) is 0. The number of nitrogens with zero attached hydrogens (tertiary/aromatic N) is 5. The number of aromatic nitrogens is 2. The number of benzene rings is 1. The minimum Gasteiger partial charge on any atom is -0.489 e. The van der Waals surface area contributed by atoms with Crippen molar-refractivity contribution in [3.05, 3.63) is 54.4 Å². The number of rotatable bonds is 16. The zero-order chi connectivity index (χ0) is 46.8. The first-order chi connectivity index (χ1) is 30.9. The summed E-state index contributed by atoms with van der Waals surface area (Å²) in [4.78, 5) is 113. The summed E-state index contributed by atoms with van der Waals surface area (Å²) in [5.74, 6) is -4.61. The first-order valence-electron chi connectivity index (χ1n) is 23.2. The van der Waals surface area contributed by atoms with E-state index in [9.17, 15) is 33.2 Å². The highest BCUT2D eigenvalue weighted by Crippen LogP contribution is 2.51. The highest BCUT2D eigenvalue weighted by Gasteiger charge is 2.70. The Kier molecular flexibility index (Phi) is 14.0. The average Bonchev–Trinajstić information content (AvgIpc) is 3.86. The van der Waals surface area contributed by atoms with Crippen LogP contribution in [0, 0.1) is 17.2 Å². The van der Waals surface area contributed by atoms with Gasteiger partial charge in [-0.3, -0.25) is 43.4 Å². The Labute approximate surface area is 379 Å². The van der Waals surface area contributed by atoms with Crippen LogP contribution in [0.3, 0.4) is 0 Å². The Bertz CT molecular complexity index is 2150. The normalized spacial score (nSPS) is 26.0. The van der Waals surface area contributed by atoms with E-state index >= 15 is 4.79 Å². The number of Topliss-reactive ketones (excluding diaryl/α,β-unsaturated/α-hetero) is 1. The molecule has 2 saturated carbocycles. The first-order valence-corrected chi connectivity index (χ1v) is 23.2. The third-order valence-corrected chi connectivity index (χ3v) is 13.9. The second-order valence-corrected chi connectivity index (χ2v) is 19.7. The molecule has 7 atom stereocenters. The lowest BCUT2D eigenvalue weighted by Gasteiger charge is -2.41. The van der Waals surface area contributed by atoms with Gasteiger partial charge in [0, 0.05) is 50.4 Å². The van der Waals surface area contributed by atoms with E-state index in [1.165, 1.54) is 41.7 Å². The number of hydrogen-bond donors (Lipinski definition) is 4. The lowest BCUT2D eigenvalue weighted by atomic mass is 9.82. The zero-order valence-corrected chi connectivity index (χ0v) is 38.4. The van der Waals surface area contributed by atoms with Crippen LogP contribution in [0.4, 0.5) is 4.39 Å². The van der Waals surface area contributed by atoms with Gasteiger partial charge in [0.1, 0.15) is 52.7 Å². The smallest absolute Gasteiger partial charge is 0.289 e. The maximum absolute atomic E-state index is 15.5. The van der Waals surface area contributed by atoms with E-state index in [4.69, 9.17) is 4.74 Å². The molecule has 352 valence electrons. The van der Waals surface area contributed by atoms with E-state index in [1.807, 2.05) is 25.7 Å². The molecule has 1 spiro atoms. The van der Waals surface area contributed by atoms with Crippen LogP contribution in [-0.4, -0.2) is 133 Å². The molecule has 2 unspecified atom stereocenters. The molecule has 17 nitrogen and oxygen atoms in total. The van der Waals surface area contributed by atoms with Gasteiger partial charge in [-0.2, -0.15) is 0 Å². The van der Waals surface area contributed by atoms with Crippen molar-refractivity contribution in [3.8, 4) is 5.75 Å². The monoisotopic (exact) mass is 901 g/mol. The van der Waals surface area contributed by atoms with Crippen LogP contribution in [-0.2, 0) is 28.8 Å². The molecule has 18 heteroatoms. The molecule has 1 aromatic carbocycles. The molecular weight excluding hydrogens is 838 g/mol. The first kappa shape index (κ1) is 47.4. The molecule has 2 aliphatic carbocycles. The number of ether oxygens (including phenoxy) is 1. The minimum atomic E-state index is -1.26. The fourth-order valence-electron chi connectivity index (χ4n) is 10.5. The van der Waals surface area contributed by atoms with Crippen molar-refractivity contribution < 1.29 is 42.7 Å². The molecule has 3 saturated heterocycles. The van der Waals surface area contributed by atoms with Gasteiger partial charge in [-0.1, -0.05) is 59.4 Å². The molecule has 4 heterocycles. The van der Waals surface area contributed by atoms with Crippen LogP contribution < -0.4 is 26.0 Å². The SMILES string of the molecule is CCCC(NC(=O)[C@@H]1CC2(CN1C(=O)[C@@H](NC(=O)[C@@H](NC(=O)c1cnccn1)C1CCCCC1)C(C)(C)C)N(CC)C(=O)[C@@]1(C)C[C@H](Oc3cccc(F)c3)CN21)C(=O)C(=O)NC1CC1. The quantitative estimate of drug-likeness (QED) is 0.180. The van der Waals surface area contributed by atoms with Crippen molar-refractivity contribution >= 4 is 41.2 Å². The Hall–Kier alpha value is -5.52. The number of halogens is 1. The predicted octanol–water partition coefficient (Wildman–Crippen LogP) is 3.03. The summed E-state index contributed by atoms with van der Waals surface area (Å²) in [6, 6.07) is 0.984. The molecule has 0 bridgehead atoms. The van der Waals surface area contributed by atoms with Gasteiger partial charge in [-0.25, -0.2) is 9.37 Å². The molecular formula is C47H64FN9O8. The van der Waals surface area contributed by atoms with Gasteiger partial charge in [0.25, 0.3) is 11.8 Å². The largest absolute Gasteiger partial charge is 0.489 e. The lowest BCUT2D eigenvalue weighted by Crippen LogP contribution is -2.62. The van der Waals surface area contributed by atoms with Crippen LogP contribution in [0.25, 0.3) is 0 Å². The zero-order valence-electron chi connectivity index (χ0n) is 38.4. The number of likely N-dealkylation sites (tertiary alicyclic amines) is 1. The van der Waals surface area contributed by atoms with Gasteiger partial charge in [-0.05, 0) is 69.4 Å². The summed E-state index contributed by atoms with van der Waals surface area (Å²) < 4.78 is 20.5. The fourth-order valence-corrected chi connectivity index (χ4v) is 10.5. The number of hydrogen-bond acceptors (Lipinski definition) is 11. The van der Waals surface area contributed by atoms with E-state index in [-0.39, 0.29) is 62.5 Å². The standard InChI is InChI=1S/C47H64FN9O8/c1-7-13-33(37(58)42(62)51-30-18-19-30)52-40(60)35-24-47(56(8-2)44(64)46(6)23-32(26-57(46)47)65-31-17-12-16-29(48)22-31)27-55(35)43(63)38(45(3,4)5)54-41(61)36(28-14-10-9-11-15-28)53-39(59)34-25-49-20-21-50-34/h12,16-17,20-22,25,28,30,32-33,35-36,38H,7-11,13-15,18-19,23-24,26-27H2,1-6H3,(H,51,62)(H,52,60)(H,53,59)(H,54,61)/t32-,33?,35-,36-,38+,46+,47?/m0/s1. The molecule has 65 heavy (non-hydrogen) atoms. The topological polar surface area (TPSA) is 212 Å². The summed E-state index contributed by atoms with van der Waals surface area (Å²) in [6.45, 7) is 11.2. The van der Waals surface area contributed by atoms with E-state index in [0.717, 1.165) is 32.1 Å². The molecule has 2 aromatic rings. The number of carbonyl (C=O) groups excluding carboxylic acids is 7. The summed E-state index contributed by atoms with van der Waals surface area (Å²) in [6.07, 6.45) is 10.0. The van der Waals surface area contributed by atoms with Crippen molar-refractivity contribution in [1.29, 1.82) is 0 Å². The van der Waals surface area contributed by atoms with Crippen molar-refractivity contribution in [2.45, 2.75) is 160 Å². The Morgan fingerprint density at radius 3 is 2.34 bits per heavy atom. The van der Waals surface area contributed by atoms with Gasteiger partial charge >= 0.3 is 0 Å². The van der Waals surface area contributed by atoms with Crippen LogP contribution in [0.15, 0.2) is 42.9 Å². The van der Waals surface area contributed by atoms with Crippen LogP contribution in [0.5, 0.6) is 5.75 Å². The van der Waals surface area contributed by atoms with Crippen molar-refractivity contribution in [2.24, 2.45) is 11.3 Å². The van der Waals surface area contributed by atoms with Crippen molar-refractivity contribution in [1.82, 2.24) is 45.9 Å². The molecule has 4 N–H and O–H groups in total. The highest BCUT2D eigenvalue weighted by atomic mass is 19.1. The molecule has 5 fully saturated rings. The van der Waals surface area contributed by atoms with E-state index in [2.05, 4.69) is 31.2 Å². The van der Waals surface area contributed by atoms with Gasteiger partial charge in [0.15, 0.2) is 0 Å². The third-order valence-electron chi connectivity index (χ3n) is 13.9. The van der Waals surface area contributed by atoms with Crippen LogP contribution in [0.1, 0.15) is 123 Å². The molecule has 6 amide bonds. The maximum atomic E-state index is 15.5. The van der Waals surface area contributed by atoms with Gasteiger partial charge in [0.05, 0.1) is 18.8 Å². The number of carbonyl (C=O) groups is 7. The number of fused-ring (bicyclic) bond motifs is 2. The Balaban J connectivity index is 1.23. The summed E-state index contributed by atoms with van der Waals surface area (Å²) in [5.41, 5.74) is -3.27. The number of ketones is 1. The van der Waals surface area contributed by atoms with Crippen molar-refractivity contribution in [2.75, 3.05) is 19.6 Å². The Morgan fingerprint density at radius 2 is 1.71 bits per heavy atom. The average molecular weight is 902 g/mol.